The first-order valence-electron chi connectivity index (χ1n) is 12.9. The van der Waals surface area contributed by atoms with E-state index in [1.165, 1.54) is 12.1 Å². The number of fused-ring (bicyclic) bond motifs is 3. The number of para-hydroxylation sites is 3. The molecule has 2 aromatic heterocycles. The lowest BCUT2D eigenvalue weighted by atomic mass is 10.0. The van der Waals surface area contributed by atoms with Crippen molar-refractivity contribution in [3.63, 3.8) is 0 Å². The highest BCUT2D eigenvalue weighted by Crippen LogP contribution is 2.39. The van der Waals surface area contributed by atoms with Gasteiger partial charge in [-0.25, -0.2) is 13.9 Å². The van der Waals surface area contributed by atoms with Crippen LogP contribution in [0, 0.1) is 12.7 Å². The summed E-state index contributed by atoms with van der Waals surface area (Å²) in [6.45, 7) is 4.58. The fourth-order valence-corrected chi connectivity index (χ4v) is 5.21. The number of ether oxygens (including phenoxy) is 1. The molecule has 5 aromatic rings. The van der Waals surface area contributed by atoms with Crippen molar-refractivity contribution in [1.82, 2.24) is 19.2 Å². The molecule has 0 saturated heterocycles. The summed E-state index contributed by atoms with van der Waals surface area (Å²) < 4.78 is 24.2. The summed E-state index contributed by atoms with van der Waals surface area (Å²) in [6, 6.07) is 26.7. The highest BCUT2D eigenvalue weighted by Gasteiger charge is 2.36. The smallest absolute Gasteiger partial charge is 0.323 e. The molecule has 3 aromatic carbocycles. The zero-order chi connectivity index (χ0) is 26.9. The van der Waals surface area contributed by atoms with E-state index in [1.54, 1.807) is 11.0 Å². The van der Waals surface area contributed by atoms with Gasteiger partial charge in [-0.15, -0.1) is 0 Å². The maximum absolute atomic E-state index is 14.5. The minimum atomic E-state index is -0.564. The Labute approximate surface area is 226 Å². The van der Waals surface area contributed by atoms with E-state index in [0.717, 1.165) is 28.5 Å². The van der Waals surface area contributed by atoms with Crippen molar-refractivity contribution in [2.75, 3.05) is 11.9 Å². The summed E-state index contributed by atoms with van der Waals surface area (Å²) in [5, 5.41) is 7.92. The Kier molecular flexibility index (Phi) is 6.36. The van der Waals surface area contributed by atoms with Crippen LogP contribution < -0.4 is 10.1 Å². The van der Waals surface area contributed by atoms with Crippen molar-refractivity contribution in [2.45, 2.75) is 26.4 Å². The van der Waals surface area contributed by atoms with Gasteiger partial charge in [-0.1, -0.05) is 42.5 Å². The summed E-state index contributed by atoms with van der Waals surface area (Å²) in [5.41, 5.74) is 4.69. The molecule has 3 heterocycles. The van der Waals surface area contributed by atoms with Crippen molar-refractivity contribution >= 4 is 11.7 Å². The average molecular weight is 522 g/mol. The van der Waals surface area contributed by atoms with Crippen molar-refractivity contribution in [3.8, 4) is 17.3 Å². The van der Waals surface area contributed by atoms with Gasteiger partial charge in [-0.05, 0) is 67.9 Å². The highest BCUT2D eigenvalue weighted by molar-refractivity contribution is 5.91. The molecule has 0 bridgehead atoms. The molecule has 39 heavy (non-hydrogen) atoms. The van der Waals surface area contributed by atoms with Crippen LogP contribution in [-0.2, 0) is 6.54 Å². The summed E-state index contributed by atoms with van der Waals surface area (Å²) in [5.74, 6) is 1.08. The Morgan fingerprint density at radius 3 is 2.62 bits per heavy atom. The third kappa shape index (κ3) is 4.44. The number of hydrogen-bond donors (Lipinski definition) is 1. The Morgan fingerprint density at radius 2 is 1.82 bits per heavy atom. The molecule has 1 atom stereocenters. The molecule has 7 nitrogen and oxygen atoms in total. The molecule has 1 aliphatic heterocycles. The largest absolute Gasteiger partial charge is 0.492 e. The summed E-state index contributed by atoms with van der Waals surface area (Å²) in [4.78, 5) is 15.8. The Bertz CT molecular complexity index is 1640. The monoisotopic (exact) mass is 521 g/mol. The number of nitrogens with zero attached hydrogens (tertiary/aromatic N) is 4. The van der Waals surface area contributed by atoms with Gasteiger partial charge in [0.25, 0.3) is 0 Å². The van der Waals surface area contributed by atoms with Crippen molar-refractivity contribution in [1.29, 1.82) is 0 Å². The van der Waals surface area contributed by atoms with Crippen LogP contribution in [0.3, 0.4) is 0 Å². The van der Waals surface area contributed by atoms with E-state index in [-0.39, 0.29) is 18.4 Å². The number of rotatable bonds is 5. The summed E-state index contributed by atoms with van der Waals surface area (Å²) >= 11 is 0. The normalized spacial score (nSPS) is 14.3. The molecule has 0 saturated carbocycles. The first-order valence-corrected chi connectivity index (χ1v) is 12.9. The van der Waals surface area contributed by atoms with E-state index in [9.17, 15) is 9.18 Å². The zero-order valence-corrected chi connectivity index (χ0v) is 21.7. The second kappa shape index (κ2) is 10.1. The number of hydrogen-bond acceptors (Lipinski definition) is 3. The first-order chi connectivity index (χ1) is 19.0. The van der Waals surface area contributed by atoms with Crippen LogP contribution in [0.5, 0.6) is 5.75 Å². The number of benzene rings is 3. The zero-order valence-electron chi connectivity index (χ0n) is 21.7. The van der Waals surface area contributed by atoms with E-state index in [1.807, 2.05) is 97.5 Å². The molecular weight excluding hydrogens is 493 g/mol. The number of anilines is 1. The quantitative estimate of drug-likeness (QED) is 0.282. The third-order valence-electron chi connectivity index (χ3n) is 6.94. The second-order valence-corrected chi connectivity index (χ2v) is 9.38. The van der Waals surface area contributed by atoms with Gasteiger partial charge in [0.2, 0.25) is 0 Å². The fraction of sp³-hybridized carbons (Fsp3) is 0.161. The highest BCUT2D eigenvalue weighted by atomic mass is 19.1. The number of aryl methyl sites for hydroxylation is 1. The number of urea groups is 1. The van der Waals surface area contributed by atoms with E-state index in [2.05, 4.69) is 9.88 Å². The first kappa shape index (κ1) is 24.5. The number of amides is 2. The molecule has 1 unspecified atom stereocenters. The van der Waals surface area contributed by atoms with Crippen LogP contribution in [0.25, 0.3) is 11.5 Å². The number of carbonyl (C=O) groups excluding carboxylic acids is 1. The third-order valence-corrected chi connectivity index (χ3v) is 6.94. The van der Waals surface area contributed by atoms with Crippen molar-refractivity contribution in [3.05, 3.63) is 126 Å². The maximum atomic E-state index is 14.5. The topological polar surface area (TPSA) is 64.3 Å². The molecule has 2 amide bonds. The lowest BCUT2D eigenvalue weighted by Crippen LogP contribution is -2.38. The van der Waals surface area contributed by atoms with Gasteiger partial charge in [-0.2, -0.15) is 5.10 Å². The molecule has 8 heteroatoms. The van der Waals surface area contributed by atoms with Gasteiger partial charge in [0.15, 0.2) is 0 Å². The van der Waals surface area contributed by atoms with Crippen molar-refractivity contribution in [2.24, 2.45) is 0 Å². The maximum Gasteiger partial charge on any atom is 0.323 e. The Balaban J connectivity index is 1.52. The number of carbonyl (C=O) groups is 1. The molecule has 6 rings (SSSR count). The van der Waals surface area contributed by atoms with Gasteiger partial charge in [0.05, 0.1) is 42.0 Å². The number of aromatic nitrogens is 3. The van der Waals surface area contributed by atoms with Crippen LogP contribution in [0.15, 0.2) is 97.2 Å². The lowest BCUT2D eigenvalue weighted by molar-refractivity contribution is 0.194. The molecule has 0 radical (unpaired) electrons. The van der Waals surface area contributed by atoms with Crippen molar-refractivity contribution < 1.29 is 13.9 Å². The molecule has 0 fully saturated rings. The number of halogens is 1. The van der Waals surface area contributed by atoms with Crippen LogP contribution in [-0.4, -0.2) is 31.9 Å². The average Bonchev–Trinajstić information content (AvgIpc) is 3.50. The van der Waals surface area contributed by atoms with Crippen LogP contribution in [0.1, 0.15) is 35.5 Å². The molecular formula is C31H28FN5O2. The van der Waals surface area contributed by atoms with Gasteiger partial charge in [0.1, 0.15) is 17.4 Å². The fourth-order valence-electron chi connectivity index (χ4n) is 5.21. The van der Waals surface area contributed by atoms with Crippen LogP contribution >= 0.6 is 0 Å². The molecule has 0 aliphatic carbocycles. The minimum Gasteiger partial charge on any atom is -0.492 e. The molecule has 1 aliphatic rings. The van der Waals surface area contributed by atoms with E-state index in [4.69, 9.17) is 9.84 Å². The van der Waals surface area contributed by atoms with E-state index >= 15 is 0 Å². The molecule has 0 spiro atoms. The predicted octanol–water partition coefficient (Wildman–Crippen LogP) is 6.65. The Hall–Kier alpha value is -4.85. The summed E-state index contributed by atoms with van der Waals surface area (Å²) in [6.07, 6.45) is 1.97. The molecule has 1 N–H and O–H groups in total. The van der Waals surface area contributed by atoms with Crippen LogP contribution in [0.2, 0.25) is 0 Å². The standard InChI is InChI=1S/C31H28FN5O2/c1-3-39-28-17-8-7-15-26(28)33-31(38)36-20-25-21(2)34-37(24-13-5-4-6-14-24)30(25)35-18-10-16-27(35)29(36)22-11-9-12-23(32)19-22/h4-19,29H,3,20H2,1-2H3,(H,33,38). The van der Waals surface area contributed by atoms with Crippen LogP contribution in [0.4, 0.5) is 14.9 Å². The van der Waals surface area contributed by atoms with E-state index < -0.39 is 6.04 Å². The van der Waals surface area contributed by atoms with Gasteiger partial charge >= 0.3 is 6.03 Å². The minimum absolute atomic E-state index is 0.263. The van der Waals surface area contributed by atoms with Gasteiger partial charge < -0.3 is 19.5 Å². The van der Waals surface area contributed by atoms with Gasteiger partial charge in [-0.3, -0.25) is 0 Å². The SMILES string of the molecule is CCOc1ccccc1NC(=O)N1Cc2c(C)nn(-c3ccccc3)c2-n2cccc2C1c1cccc(F)c1. The summed E-state index contributed by atoms with van der Waals surface area (Å²) in [7, 11) is 0. The molecule has 196 valence electrons. The Morgan fingerprint density at radius 1 is 1.03 bits per heavy atom. The predicted molar refractivity (Wildman–Crippen MR) is 148 cm³/mol. The lowest BCUT2D eigenvalue weighted by Gasteiger charge is -2.31. The van der Waals surface area contributed by atoms with E-state index in [0.29, 0.717) is 23.6 Å². The number of nitrogens with one attached hydrogen (secondary N) is 1. The second-order valence-electron chi connectivity index (χ2n) is 9.38. The van der Waals surface area contributed by atoms with Gasteiger partial charge in [0, 0.05) is 11.8 Å².